The van der Waals surface area contributed by atoms with Crippen LogP contribution in [0.5, 0.6) is 0 Å². The van der Waals surface area contributed by atoms with Gasteiger partial charge >= 0.3 is 5.97 Å². The molecule has 184 valence electrons. The lowest BCUT2D eigenvalue weighted by atomic mass is 10.1. The predicted octanol–water partition coefficient (Wildman–Crippen LogP) is 4.05. The van der Waals surface area contributed by atoms with Crippen molar-refractivity contribution in [1.82, 2.24) is 10.0 Å². The van der Waals surface area contributed by atoms with Gasteiger partial charge in [-0.25, -0.2) is 4.79 Å². The van der Waals surface area contributed by atoms with E-state index in [1.807, 2.05) is 0 Å². The second-order valence-corrected chi connectivity index (χ2v) is 9.35. The molecule has 2 aromatic carbocycles. The molecule has 0 bridgehead atoms. The molecule has 3 heterocycles. The molecule has 0 atom stereocenters. The zero-order chi connectivity index (χ0) is 26.4. The van der Waals surface area contributed by atoms with E-state index in [1.165, 1.54) is 19.3 Å². The molecule has 1 fully saturated rings. The summed E-state index contributed by atoms with van der Waals surface area (Å²) in [5, 5.41) is 12.4. The van der Waals surface area contributed by atoms with Gasteiger partial charge in [0.05, 0.1) is 33.6 Å². The number of non-ortho nitro benzene ring substituents is 1. The third kappa shape index (κ3) is 4.09. The Morgan fingerprint density at radius 2 is 1.70 bits per heavy atom. The van der Waals surface area contributed by atoms with Gasteiger partial charge in [-0.05, 0) is 42.5 Å². The van der Waals surface area contributed by atoms with Gasteiger partial charge in [0.15, 0.2) is 4.32 Å². The molecule has 11 nitrogen and oxygen atoms in total. The highest BCUT2D eigenvalue weighted by Gasteiger charge is 2.47. The number of esters is 1. The van der Waals surface area contributed by atoms with Crippen LogP contribution in [-0.2, 0) is 9.53 Å². The summed E-state index contributed by atoms with van der Waals surface area (Å²) < 4.78 is 10.4. The number of thioether (sulfide) groups is 1. The number of rotatable bonds is 5. The lowest BCUT2D eigenvalue weighted by molar-refractivity contribution is -0.384. The summed E-state index contributed by atoms with van der Waals surface area (Å²) in [7, 11) is 1.29. The number of hydrogen-bond acceptors (Lipinski definition) is 10. The minimum Gasteiger partial charge on any atom is -0.465 e. The first kappa shape index (κ1) is 24.1. The number of amides is 3. The van der Waals surface area contributed by atoms with Gasteiger partial charge in [-0.15, -0.1) is 0 Å². The van der Waals surface area contributed by atoms with Gasteiger partial charge in [0, 0.05) is 23.8 Å². The van der Waals surface area contributed by atoms with Crippen molar-refractivity contribution in [2.75, 3.05) is 7.11 Å². The first-order chi connectivity index (χ1) is 17.7. The first-order valence-corrected chi connectivity index (χ1v) is 11.7. The van der Waals surface area contributed by atoms with E-state index in [4.69, 9.17) is 16.6 Å². The molecule has 1 saturated heterocycles. The standard InChI is InChI=1S/C24H13N3O8S2/c1-34-23(31)13-4-2-12(3-5-13)18-9-7-15(35-18)11-19-22(30)26(24(36)37-19)25-20(28)16-8-6-14(27(32)33)10-17(16)21(25)29/h2-11H,1H3/b19-11-. The van der Waals surface area contributed by atoms with Gasteiger partial charge in [0.1, 0.15) is 11.5 Å². The molecule has 0 spiro atoms. The largest absolute Gasteiger partial charge is 0.465 e. The summed E-state index contributed by atoms with van der Waals surface area (Å²) in [4.78, 5) is 61.0. The number of hydrogen-bond donors (Lipinski definition) is 0. The lowest BCUT2D eigenvalue weighted by Gasteiger charge is -2.23. The number of nitro groups is 1. The molecule has 5 rings (SSSR count). The van der Waals surface area contributed by atoms with Crippen molar-refractivity contribution in [2.24, 2.45) is 0 Å². The molecule has 1 aromatic heterocycles. The van der Waals surface area contributed by atoms with Crippen molar-refractivity contribution in [3.8, 4) is 11.3 Å². The number of furan rings is 1. The van der Waals surface area contributed by atoms with Crippen LogP contribution in [0, 0.1) is 10.1 Å². The van der Waals surface area contributed by atoms with E-state index in [0.717, 1.165) is 28.9 Å². The van der Waals surface area contributed by atoms with E-state index < -0.39 is 28.6 Å². The average molecular weight is 536 g/mol. The minimum absolute atomic E-state index is 0.0644. The van der Waals surface area contributed by atoms with Gasteiger partial charge in [-0.1, -0.05) is 23.9 Å². The molecule has 0 aliphatic carbocycles. The van der Waals surface area contributed by atoms with E-state index in [9.17, 15) is 29.3 Å². The highest BCUT2D eigenvalue weighted by molar-refractivity contribution is 8.26. The summed E-state index contributed by atoms with van der Waals surface area (Å²) in [6.07, 6.45) is 1.43. The maximum atomic E-state index is 13.1. The molecular formula is C24H13N3O8S2. The summed E-state index contributed by atoms with van der Waals surface area (Å²) in [6, 6.07) is 13.1. The average Bonchev–Trinajstić information content (AvgIpc) is 3.54. The quantitative estimate of drug-likeness (QED) is 0.117. The van der Waals surface area contributed by atoms with Crippen LogP contribution in [0.25, 0.3) is 17.4 Å². The maximum absolute atomic E-state index is 13.1. The van der Waals surface area contributed by atoms with Crippen LogP contribution in [0.3, 0.4) is 0 Å². The number of nitrogens with zero attached hydrogens (tertiary/aromatic N) is 3. The van der Waals surface area contributed by atoms with Crippen LogP contribution in [-0.4, -0.2) is 50.1 Å². The third-order valence-electron chi connectivity index (χ3n) is 5.52. The number of ether oxygens (including phenoxy) is 1. The minimum atomic E-state index is -0.892. The third-order valence-corrected chi connectivity index (χ3v) is 6.81. The SMILES string of the molecule is COC(=O)c1ccc(-c2ccc(/C=C3\SC(=S)N(N4C(=O)c5ccc([N+](=O)[O-])cc5C4=O)C3=O)o2)cc1. The predicted molar refractivity (Wildman–Crippen MR) is 134 cm³/mol. The number of methoxy groups -OCH3 is 1. The Hall–Kier alpha value is -4.62. The smallest absolute Gasteiger partial charge is 0.337 e. The molecule has 3 aromatic rings. The van der Waals surface area contributed by atoms with E-state index in [2.05, 4.69) is 4.74 Å². The van der Waals surface area contributed by atoms with Gasteiger partial charge in [-0.2, -0.15) is 10.0 Å². The maximum Gasteiger partial charge on any atom is 0.337 e. The van der Waals surface area contributed by atoms with Crippen molar-refractivity contribution in [1.29, 1.82) is 0 Å². The fourth-order valence-electron chi connectivity index (χ4n) is 3.75. The van der Waals surface area contributed by atoms with Crippen LogP contribution in [0.1, 0.15) is 36.8 Å². The number of hydrazine groups is 1. The molecule has 2 aliphatic rings. The van der Waals surface area contributed by atoms with Crippen LogP contribution >= 0.6 is 24.0 Å². The number of imide groups is 1. The Kier molecular flexibility index (Phi) is 5.93. The van der Waals surface area contributed by atoms with Crippen molar-refractivity contribution in [3.63, 3.8) is 0 Å². The number of nitro benzene ring substituents is 1. The van der Waals surface area contributed by atoms with Gasteiger partial charge < -0.3 is 9.15 Å². The molecule has 2 aliphatic heterocycles. The van der Waals surface area contributed by atoms with Gasteiger partial charge in [0.2, 0.25) is 0 Å². The number of fused-ring (bicyclic) bond motifs is 1. The van der Waals surface area contributed by atoms with E-state index in [-0.39, 0.29) is 26.0 Å². The highest BCUT2D eigenvalue weighted by Crippen LogP contribution is 2.38. The Labute approximate surface area is 217 Å². The van der Waals surface area contributed by atoms with Crippen molar-refractivity contribution < 1.29 is 33.3 Å². The molecule has 0 N–H and O–H groups in total. The lowest BCUT2D eigenvalue weighted by Crippen LogP contribution is -2.48. The molecule has 0 unspecified atom stereocenters. The number of carbonyl (C=O) groups is 4. The van der Waals surface area contributed by atoms with Gasteiger partial charge in [0.25, 0.3) is 23.4 Å². The fourth-order valence-corrected chi connectivity index (χ4v) is 4.97. The second-order valence-electron chi connectivity index (χ2n) is 7.67. The summed E-state index contributed by atoms with van der Waals surface area (Å²) in [6.45, 7) is 0. The Morgan fingerprint density at radius 1 is 1.00 bits per heavy atom. The van der Waals surface area contributed by atoms with Crippen molar-refractivity contribution in [2.45, 2.75) is 0 Å². The fraction of sp³-hybridized carbons (Fsp3) is 0.0417. The van der Waals surface area contributed by atoms with Crippen LogP contribution in [0.2, 0.25) is 0 Å². The highest BCUT2D eigenvalue weighted by atomic mass is 32.2. The van der Waals surface area contributed by atoms with Crippen molar-refractivity contribution >= 4 is 63.8 Å². The molecule has 37 heavy (non-hydrogen) atoms. The van der Waals surface area contributed by atoms with Crippen LogP contribution in [0.4, 0.5) is 5.69 Å². The zero-order valence-corrected chi connectivity index (χ0v) is 20.3. The zero-order valence-electron chi connectivity index (χ0n) is 18.7. The van der Waals surface area contributed by atoms with Gasteiger partial charge in [-0.3, -0.25) is 24.5 Å². The van der Waals surface area contributed by atoms with Crippen molar-refractivity contribution in [3.05, 3.63) is 92.1 Å². The Balaban J connectivity index is 1.38. The summed E-state index contributed by atoms with van der Waals surface area (Å²) in [5.41, 5.74) is 0.443. The first-order valence-electron chi connectivity index (χ1n) is 10.4. The number of thiocarbonyl (C=S) groups is 1. The topological polar surface area (TPSA) is 140 Å². The van der Waals surface area contributed by atoms with E-state index >= 15 is 0 Å². The Bertz CT molecular complexity index is 1570. The molecule has 0 radical (unpaired) electrons. The molecule has 0 saturated carbocycles. The summed E-state index contributed by atoms with van der Waals surface area (Å²) in [5.74, 6) is -2.12. The van der Waals surface area contributed by atoms with Crippen LogP contribution < -0.4 is 0 Å². The molecule has 13 heteroatoms. The van der Waals surface area contributed by atoms with Crippen LogP contribution in [0.15, 0.2) is 63.9 Å². The number of benzene rings is 2. The van der Waals surface area contributed by atoms with E-state index in [0.29, 0.717) is 27.7 Å². The Morgan fingerprint density at radius 3 is 2.38 bits per heavy atom. The molecule has 3 amide bonds. The monoisotopic (exact) mass is 535 g/mol. The number of carbonyl (C=O) groups excluding carboxylic acids is 4. The summed E-state index contributed by atoms with van der Waals surface area (Å²) >= 11 is 6.13. The van der Waals surface area contributed by atoms with E-state index in [1.54, 1.807) is 36.4 Å². The molecular weight excluding hydrogens is 522 g/mol. The normalized spacial score (nSPS) is 16.1. The second kappa shape index (κ2) is 9.11.